The molecule has 0 radical (unpaired) electrons. The van der Waals surface area contributed by atoms with Gasteiger partial charge in [0.1, 0.15) is 5.25 Å². The molecular formula is C19H25N3O2S. The largest absolute Gasteiger partial charge is 0.353 e. The molecule has 1 aromatic rings. The van der Waals surface area contributed by atoms with Gasteiger partial charge >= 0.3 is 0 Å². The second kappa shape index (κ2) is 8.52. The fraction of sp³-hybridized carbons (Fsp3) is 0.526. The maximum atomic E-state index is 12.6. The lowest BCUT2D eigenvalue weighted by Gasteiger charge is -2.23. The zero-order chi connectivity index (χ0) is 17.6. The number of amidine groups is 1. The van der Waals surface area contributed by atoms with Crippen molar-refractivity contribution in [1.29, 1.82) is 0 Å². The first-order valence-electron chi connectivity index (χ1n) is 9.08. The number of aliphatic imine (C=N–C) groups is 1. The number of rotatable bonds is 5. The number of carbonyl (C=O) groups is 2. The highest BCUT2D eigenvalue weighted by Crippen LogP contribution is 2.31. The summed E-state index contributed by atoms with van der Waals surface area (Å²) >= 11 is 1.40. The highest BCUT2D eigenvalue weighted by molar-refractivity contribution is 8.15. The van der Waals surface area contributed by atoms with E-state index in [1.165, 1.54) is 31.0 Å². The number of nitrogens with zero attached hydrogens (tertiary/aromatic N) is 2. The van der Waals surface area contributed by atoms with E-state index in [1.54, 1.807) is 4.90 Å². The van der Waals surface area contributed by atoms with Gasteiger partial charge in [-0.15, -0.1) is 0 Å². The molecule has 1 atom stereocenters. The molecule has 1 N–H and O–H groups in total. The SMILES string of the molecule is CCN1C(=O)C(CC(=O)NC2CCCCC2)SC1=Nc1ccccc1. The summed E-state index contributed by atoms with van der Waals surface area (Å²) in [7, 11) is 0. The van der Waals surface area contributed by atoms with Gasteiger partial charge in [0, 0.05) is 19.0 Å². The maximum absolute atomic E-state index is 12.6. The molecule has 1 unspecified atom stereocenters. The number of nitrogens with one attached hydrogen (secondary N) is 1. The topological polar surface area (TPSA) is 61.8 Å². The van der Waals surface area contributed by atoms with Crippen LogP contribution in [0.3, 0.4) is 0 Å². The maximum Gasteiger partial charge on any atom is 0.242 e. The highest BCUT2D eigenvalue weighted by atomic mass is 32.2. The van der Waals surface area contributed by atoms with Gasteiger partial charge in [0.05, 0.1) is 5.69 Å². The van der Waals surface area contributed by atoms with Gasteiger partial charge in [-0.2, -0.15) is 0 Å². The molecule has 2 fully saturated rings. The van der Waals surface area contributed by atoms with E-state index in [1.807, 2.05) is 37.3 Å². The number of hydrogen-bond acceptors (Lipinski definition) is 4. The van der Waals surface area contributed by atoms with Crippen molar-refractivity contribution in [1.82, 2.24) is 10.2 Å². The molecule has 1 aromatic carbocycles. The Bertz CT molecular complexity index is 641. The lowest BCUT2D eigenvalue weighted by molar-refractivity contribution is -0.129. The van der Waals surface area contributed by atoms with Crippen LogP contribution in [0.5, 0.6) is 0 Å². The molecular weight excluding hydrogens is 334 g/mol. The Hall–Kier alpha value is -1.82. The van der Waals surface area contributed by atoms with Gasteiger partial charge in [-0.05, 0) is 31.9 Å². The van der Waals surface area contributed by atoms with Gasteiger partial charge in [0.2, 0.25) is 11.8 Å². The van der Waals surface area contributed by atoms with Crippen molar-refractivity contribution in [2.45, 2.75) is 56.7 Å². The molecule has 1 aliphatic carbocycles. The fourth-order valence-corrected chi connectivity index (χ4v) is 4.55. The Morgan fingerprint density at radius 2 is 1.96 bits per heavy atom. The van der Waals surface area contributed by atoms with E-state index in [-0.39, 0.29) is 29.5 Å². The van der Waals surface area contributed by atoms with Crippen molar-refractivity contribution in [2.75, 3.05) is 6.54 Å². The summed E-state index contributed by atoms with van der Waals surface area (Å²) in [6, 6.07) is 9.89. The monoisotopic (exact) mass is 359 g/mol. The minimum atomic E-state index is -0.369. The average Bonchev–Trinajstić information content (AvgIpc) is 2.91. The Morgan fingerprint density at radius 1 is 1.24 bits per heavy atom. The predicted molar refractivity (Wildman–Crippen MR) is 102 cm³/mol. The van der Waals surface area contributed by atoms with Crippen LogP contribution in [0.25, 0.3) is 0 Å². The van der Waals surface area contributed by atoms with Crippen molar-refractivity contribution in [3.63, 3.8) is 0 Å². The minimum absolute atomic E-state index is 0.0130. The zero-order valence-corrected chi connectivity index (χ0v) is 15.4. The second-order valence-electron chi connectivity index (χ2n) is 6.53. The van der Waals surface area contributed by atoms with Crippen molar-refractivity contribution < 1.29 is 9.59 Å². The van der Waals surface area contributed by atoms with Crippen LogP contribution in [0, 0.1) is 0 Å². The van der Waals surface area contributed by atoms with Gasteiger partial charge in [-0.3, -0.25) is 14.5 Å². The summed E-state index contributed by atoms with van der Waals surface area (Å²) in [6.45, 7) is 2.50. The van der Waals surface area contributed by atoms with Crippen LogP contribution in [-0.2, 0) is 9.59 Å². The summed E-state index contributed by atoms with van der Waals surface area (Å²) in [4.78, 5) is 31.2. The van der Waals surface area contributed by atoms with Crippen molar-refractivity contribution in [3.8, 4) is 0 Å². The van der Waals surface area contributed by atoms with E-state index in [2.05, 4.69) is 10.3 Å². The number of amides is 2. The van der Waals surface area contributed by atoms with Crippen LogP contribution in [-0.4, -0.2) is 39.7 Å². The molecule has 0 spiro atoms. The molecule has 1 aliphatic heterocycles. The number of thioether (sulfide) groups is 1. The molecule has 3 rings (SSSR count). The van der Waals surface area contributed by atoms with E-state index >= 15 is 0 Å². The van der Waals surface area contributed by atoms with Gasteiger partial charge in [-0.25, -0.2) is 4.99 Å². The quantitative estimate of drug-likeness (QED) is 0.875. The van der Waals surface area contributed by atoms with Crippen LogP contribution in [0.4, 0.5) is 5.69 Å². The predicted octanol–water partition coefficient (Wildman–Crippen LogP) is 3.48. The minimum Gasteiger partial charge on any atom is -0.353 e. The van der Waals surface area contributed by atoms with E-state index in [0.717, 1.165) is 18.5 Å². The van der Waals surface area contributed by atoms with Crippen molar-refractivity contribution in [3.05, 3.63) is 30.3 Å². The third-order valence-corrected chi connectivity index (χ3v) is 5.83. The molecule has 2 amide bonds. The van der Waals surface area contributed by atoms with Crippen LogP contribution in [0.2, 0.25) is 0 Å². The van der Waals surface area contributed by atoms with Crippen molar-refractivity contribution in [2.24, 2.45) is 4.99 Å². The van der Waals surface area contributed by atoms with Gasteiger partial charge in [0.15, 0.2) is 5.17 Å². The van der Waals surface area contributed by atoms with Crippen LogP contribution in [0.15, 0.2) is 35.3 Å². The standard InChI is InChI=1S/C19H25N3O2S/c1-2-22-18(24)16(13-17(23)20-14-9-5-3-6-10-14)25-19(22)21-15-11-7-4-8-12-15/h4,7-8,11-12,14,16H,2-3,5-6,9-10,13H2,1H3,(H,20,23). The molecule has 1 saturated heterocycles. The summed E-state index contributed by atoms with van der Waals surface area (Å²) in [5.41, 5.74) is 0.823. The Labute approximate surface area is 153 Å². The molecule has 25 heavy (non-hydrogen) atoms. The molecule has 1 saturated carbocycles. The lowest BCUT2D eigenvalue weighted by Crippen LogP contribution is -2.39. The first kappa shape index (κ1) is 18.0. The van der Waals surface area contributed by atoms with E-state index in [9.17, 15) is 9.59 Å². The molecule has 6 heteroatoms. The van der Waals surface area contributed by atoms with Gasteiger partial charge < -0.3 is 5.32 Å². The first-order chi connectivity index (χ1) is 12.2. The number of benzene rings is 1. The molecule has 134 valence electrons. The average molecular weight is 359 g/mol. The first-order valence-corrected chi connectivity index (χ1v) is 9.96. The summed E-state index contributed by atoms with van der Waals surface area (Å²) in [5, 5.41) is 3.42. The number of para-hydroxylation sites is 1. The summed E-state index contributed by atoms with van der Waals surface area (Å²) < 4.78 is 0. The van der Waals surface area contributed by atoms with E-state index < -0.39 is 0 Å². The fourth-order valence-electron chi connectivity index (χ4n) is 3.33. The Morgan fingerprint density at radius 3 is 2.64 bits per heavy atom. The third kappa shape index (κ3) is 4.63. The smallest absolute Gasteiger partial charge is 0.242 e. The number of carbonyl (C=O) groups excluding carboxylic acids is 2. The van der Waals surface area contributed by atoms with Crippen LogP contribution in [0.1, 0.15) is 45.4 Å². The van der Waals surface area contributed by atoms with Gasteiger partial charge in [-0.1, -0.05) is 49.2 Å². The van der Waals surface area contributed by atoms with Gasteiger partial charge in [0.25, 0.3) is 0 Å². The lowest BCUT2D eigenvalue weighted by atomic mass is 9.95. The Kier molecular flexibility index (Phi) is 6.13. The molecule has 0 aromatic heterocycles. The van der Waals surface area contributed by atoms with Crippen molar-refractivity contribution >= 4 is 34.4 Å². The van der Waals surface area contributed by atoms with E-state index in [0.29, 0.717) is 11.7 Å². The van der Waals surface area contributed by atoms with E-state index in [4.69, 9.17) is 0 Å². The molecule has 1 heterocycles. The number of hydrogen-bond donors (Lipinski definition) is 1. The second-order valence-corrected chi connectivity index (χ2v) is 7.70. The molecule has 0 bridgehead atoms. The van der Waals surface area contributed by atoms with Crippen LogP contribution < -0.4 is 5.32 Å². The zero-order valence-electron chi connectivity index (χ0n) is 14.6. The van der Waals surface area contributed by atoms with Crippen LogP contribution >= 0.6 is 11.8 Å². The summed E-state index contributed by atoms with van der Waals surface area (Å²) in [6.07, 6.45) is 5.95. The highest BCUT2D eigenvalue weighted by Gasteiger charge is 2.38. The molecule has 2 aliphatic rings. The normalized spacial score (nSPS) is 23.2. The Balaban J connectivity index is 1.63. The third-order valence-electron chi connectivity index (χ3n) is 4.66. The molecule has 5 nitrogen and oxygen atoms in total. The summed E-state index contributed by atoms with van der Waals surface area (Å²) in [5.74, 6) is -0.0317.